The Morgan fingerprint density at radius 2 is 1.95 bits per heavy atom. The number of methoxy groups -OCH3 is 1. The number of ether oxygens (including phenoxy) is 2. The Balaban J connectivity index is 1.52. The van der Waals surface area contributed by atoms with Gasteiger partial charge in [-0.15, -0.1) is 5.10 Å². The summed E-state index contributed by atoms with van der Waals surface area (Å²) in [7, 11) is 1.52. The molecule has 1 fully saturated rings. The number of rotatable bonds is 7. The number of halogens is 1. The van der Waals surface area contributed by atoms with E-state index in [2.05, 4.69) is 15.4 Å². The van der Waals surface area contributed by atoms with Crippen molar-refractivity contribution in [2.24, 2.45) is 5.92 Å². The molecule has 1 aliphatic carbocycles. The van der Waals surface area contributed by atoms with Crippen LogP contribution in [0.5, 0.6) is 11.6 Å². The minimum Gasteiger partial charge on any atom is -0.490 e. The van der Waals surface area contributed by atoms with Crippen molar-refractivity contribution < 1.29 is 18.7 Å². The van der Waals surface area contributed by atoms with Gasteiger partial charge in [-0.1, -0.05) is 19.3 Å². The second kappa shape index (κ2) is 11.0. The molecule has 9 nitrogen and oxygen atoms in total. The average Bonchev–Trinajstić information content (AvgIpc) is 3.27. The molecule has 202 valence electrons. The number of carbonyl (C=O) groups excluding carboxylic acids is 1. The number of carbonyl (C=O) groups is 1. The van der Waals surface area contributed by atoms with Gasteiger partial charge in [0.25, 0.3) is 5.91 Å². The minimum atomic E-state index is -0.727. The van der Waals surface area contributed by atoms with E-state index in [1.807, 2.05) is 6.92 Å². The highest BCUT2D eigenvalue weighted by atomic mass is 19.1. The molecule has 1 N–H and O–H groups in total. The molecular formula is C28H34FN5O4. The maximum absolute atomic E-state index is 15.6. The summed E-state index contributed by atoms with van der Waals surface area (Å²) in [4.78, 5) is 30.8. The fourth-order valence-electron chi connectivity index (χ4n) is 5.41. The molecule has 0 radical (unpaired) electrons. The van der Waals surface area contributed by atoms with Crippen LogP contribution < -0.4 is 20.5 Å². The number of benzene rings is 1. The summed E-state index contributed by atoms with van der Waals surface area (Å²) in [5.74, 6) is 0.359. The van der Waals surface area contributed by atoms with Crippen LogP contribution in [0.2, 0.25) is 0 Å². The van der Waals surface area contributed by atoms with Crippen molar-refractivity contribution in [1.82, 2.24) is 19.3 Å². The fourth-order valence-corrected chi connectivity index (χ4v) is 5.41. The molecule has 10 heteroatoms. The first-order valence-electron chi connectivity index (χ1n) is 13.4. The van der Waals surface area contributed by atoms with Crippen molar-refractivity contribution in [1.29, 1.82) is 0 Å². The Kier molecular flexibility index (Phi) is 7.49. The van der Waals surface area contributed by atoms with Gasteiger partial charge in [0.2, 0.25) is 5.88 Å². The number of fused-ring (bicyclic) bond motifs is 1. The Hall–Kier alpha value is -3.69. The number of anilines is 1. The number of hydrogen-bond acceptors (Lipinski definition) is 6. The van der Waals surface area contributed by atoms with E-state index in [0.29, 0.717) is 42.0 Å². The highest BCUT2D eigenvalue weighted by molar-refractivity contribution is 6.06. The predicted octanol–water partition coefficient (Wildman–Crippen LogP) is 4.82. The molecular weight excluding hydrogens is 489 g/mol. The number of pyridine rings is 1. The van der Waals surface area contributed by atoms with Gasteiger partial charge in [-0.05, 0) is 57.6 Å². The van der Waals surface area contributed by atoms with Gasteiger partial charge in [0.15, 0.2) is 0 Å². The number of hydrogen-bond donors (Lipinski definition) is 1. The molecule has 1 aliphatic heterocycles. The van der Waals surface area contributed by atoms with E-state index in [9.17, 15) is 9.59 Å². The third-order valence-corrected chi connectivity index (χ3v) is 7.64. The molecule has 0 unspecified atom stereocenters. The van der Waals surface area contributed by atoms with Gasteiger partial charge in [0.05, 0.1) is 30.2 Å². The van der Waals surface area contributed by atoms with E-state index in [0.717, 1.165) is 49.3 Å². The largest absolute Gasteiger partial charge is 0.490 e. The lowest BCUT2D eigenvalue weighted by molar-refractivity contribution is 0.0997. The van der Waals surface area contributed by atoms with Crippen molar-refractivity contribution >= 4 is 11.6 Å². The summed E-state index contributed by atoms with van der Waals surface area (Å²) < 4.78 is 29.7. The van der Waals surface area contributed by atoms with Crippen LogP contribution in [0, 0.1) is 18.7 Å². The minimum absolute atomic E-state index is 0.0263. The van der Waals surface area contributed by atoms with Crippen molar-refractivity contribution in [3.05, 3.63) is 57.6 Å². The molecule has 2 aromatic heterocycles. The quantitative estimate of drug-likeness (QED) is 0.477. The Labute approximate surface area is 221 Å². The monoisotopic (exact) mass is 523 g/mol. The lowest BCUT2D eigenvalue weighted by atomic mass is 9.86. The molecule has 0 bridgehead atoms. The van der Waals surface area contributed by atoms with E-state index in [4.69, 9.17) is 9.47 Å². The maximum Gasteiger partial charge on any atom is 0.350 e. The van der Waals surface area contributed by atoms with Crippen LogP contribution in [-0.2, 0) is 13.0 Å². The number of aromatic nitrogens is 4. The Morgan fingerprint density at radius 1 is 1.16 bits per heavy atom. The highest BCUT2D eigenvalue weighted by Crippen LogP contribution is 2.32. The van der Waals surface area contributed by atoms with Crippen LogP contribution in [0.25, 0.3) is 5.69 Å². The molecule has 0 spiro atoms. The van der Waals surface area contributed by atoms with Crippen LogP contribution in [0.4, 0.5) is 10.1 Å². The molecule has 3 heterocycles. The van der Waals surface area contributed by atoms with Crippen molar-refractivity contribution in [3.8, 4) is 17.3 Å². The standard InChI is InChI=1S/C28H34FN5O4/c1-17-22(12-13-26(30-17)37-3)31-27(35)20-15-21(29)23(34-28(36)33-14-8-7-11-25(33)32-34)16-24(20)38-18(2)19-9-5-4-6-10-19/h12-13,15-16,18-19H,4-11,14H2,1-3H3,(H,31,35)/t18-/m0/s1. The topological polar surface area (TPSA) is 100 Å². The lowest BCUT2D eigenvalue weighted by Crippen LogP contribution is -2.28. The van der Waals surface area contributed by atoms with Crippen molar-refractivity contribution in [3.63, 3.8) is 0 Å². The van der Waals surface area contributed by atoms with E-state index >= 15 is 4.39 Å². The van der Waals surface area contributed by atoms with Gasteiger partial charge < -0.3 is 14.8 Å². The summed E-state index contributed by atoms with van der Waals surface area (Å²) in [6.45, 7) is 4.30. The third kappa shape index (κ3) is 5.16. The highest BCUT2D eigenvalue weighted by Gasteiger charge is 2.27. The van der Waals surface area contributed by atoms with Crippen LogP contribution in [0.1, 0.15) is 73.7 Å². The number of amides is 1. The molecule has 1 atom stereocenters. The first kappa shape index (κ1) is 25.9. The number of aryl methyl sites for hydroxylation is 2. The Bertz CT molecular complexity index is 1390. The van der Waals surface area contributed by atoms with Gasteiger partial charge in [-0.3, -0.25) is 9.36 Å². The van der Waals surface area contributed by atoms with E-state index in [-0.39, 0.29) is 28.8 Å². The molecule has 1 aromatic carbocycles. The van der Waals surface area contributed by atoms with E-state index < -0.39 is 11.7 Å². The smallest absolute Gasteiger partial charge is 0.350 e. The summed E-state index contributed by atoms with van der Waals surface area (Å²) in [5, 5.41) is 7.23. The molecule has 38 heavy (non-hydrogen) atoms. The summed E-state index contributed by atoms with van der Waals surface area (Å²) in [6.07, 6.45) is 7.87. The molecule has 0 saturated heterocycles. The zero-order valence-electron chi connectivity index (χ0n) is 22.1. The van der Waals surface area contributed by atoms with E-state index in [1.165, 1.54) is 19.6 Å². The lowest BCUT2D eigenvalue weighted by Gasteiger charge is -2.29. The number of nitrogens with one attached hydrogen (secondary N) is 1. The molecule has 1 amide bonds. The summed E-state index contributed by atoms with van der Waals surface area (Å²) in [5.41, 5.74) is 0.664. The van der Waals surface area contributed by atoms with Crippen molar-refractivity contribution in [2.75, 3.05) is 12.4 Å². The second-order valence-electron chi connectivity index (χ2n) is 10.2. The van der Waals surface area contributed by atoms with Gasteiger partial charge in [-0.25, -0.2) is 14.2 Å². The normalized spacial score (nSPS) is 16.5. The van der Waals surface area contributed by atoms with Gasteiger partial charge >= 0.3 is 5.69 Å². The summed E-state index contributed by atoms with van der Waals surface area (Å²) in [6, 6.07) is 5.89. The zero-order chi connectivity index (χ0) is 26.8. The van der Waals surface area contributed by atoms with E-state index in [1.54, 1.807) is 23.6 Å². The van der Waals surface area contributed by atoms with Crippen LogP contribution in [0.15, 0.2) is 29.1 Å². The molecule has 3 aromatic rings. The Morgan fingerprint density at radius 3 is 2.66 bits per heavy atom. The zero-order valence-corrected chi connectivity index (χ0v) is 22.1. The second-order valence-corrected chi connectivity index (χ2v) is 10.2. The van der Waals surface area contributed by atoms with Crippen LogP contribution in [0.3, 0.4) is 0 Å². The summed E-state index contributed by atoms with van der Waals surface area (Å²) >= 11 is 0. The average molecular weight is 524 g/mol. The molecule has 2 aliphatic rings. The first-order chi connectivity index (χ1) is 18.4. The first-order valence-corrected chi connectivity index (χ1v) is 13.4. The number of nitrogens with zero attached hydrogens (tertiary/aromatic N) is 4. The van der Waals surface area contributed by atoms with Crippen molar-refractivity contribution in [2.45, 2.75) is 77.9 Å². The van der Waals surface area contributed by atoms with Crippen LogP contribution >= 0.6 is 0 Å². The molecule has 1 saturated carbocycles. The fraction of sp³-hybridized carbons (Fsp3) is 0.500. The van der Waals surface area contributed by atoms with Gasteiger partial charge in [0.1, 0.15) is 23.1 Å². The SMILES string of the molecule is COc1ccc(NC(=O)c2cc(F)c(-n3nc4n(c3=O)CCCC4)cc2O[C@@H](C)C2CCCCC2)c(C)n1. The third-order valence-electron chi connectivity index (χ3n) is 7.64. The predicted molar refractivity (Wildman–Crippen MR) is 141 cm³/mol. The van der Waals surface area contributed by atoms with Crippen LogP contribution in [-0.4, -0.2) is 38.5 Å². The maximum atomic E-state index is 15.6. The van der Waals surface area contributed by atoms with Gasteiger partial charge in [-0.2, -0.15) is 4.68 Å². The molecule has 5 rings (SSSR count). The van der Waals surface area contributed by atoms with Gasteiger partial charge in [0, 0.05) is 25.1 Å².